The maximum absolute atomic E-state index is 13.6. The van der Waals surface area contributed by atoms with Gasteiger partial charge >= 0.3 is 0 Å². The number of hydrogen-bond donors (Lipinski definition) is 1. The highest BCUT2D eigenvalue weighted by molar-refractivity contribution is 5.86. The molecule has 3 nitrogen and oxygen atoms in total. The number of fused-ring (bicyclic) bond motifs is 3. The molecule has 3 heteroatoms. The zero-order valence-electron chi connectivity index (χ0n) is 15.7. The average Bonchev–Trinajstić information content (AvgIpc) is 2.77. The largest absolute Gasteiger partial charge is 0.507 e. The first kappa shape index (κ1) is 17.3. The maximum Gasteiger partial charge on any atom is 0.267 e. The van der Waals surface area contributed by atoms with E-state index in [9.17, 15) is 9.90 Å². The van der Waals surface area contributed by atoms with Gasteiger partial charge < -0.3 is 5.11 Å². The predicted octanol–water partition coefficient (Wildman–Crippen LogP) is 5.42. The van der Waals surface area contributed by atoms with Gasteiger partial charge in [0.25, 0.3) is 5.56 Å². The van der Waals surface area contributed by atoms with E-state index in [1.54, 1.807) is 4.40 Å². The van der Waals surface area contributed by atoms with E-state index >= 15 is 0 Å². The van der Waals surface area contributed by atoms with Gasteiger partial charge in [0.2, 0.25) is 0 Å². The predicted molar refractivity (Wildman–Crippen MR) is 118 cm³/mol. The Morgan fingerprint density at radius 3 is 2.10 bits per heavy atom. The molecule has 0 bridgehead atoms. The Morgan fingerprint density at radius 2 is 1.34 bits per heavy atom. The molecule has 29 heavy (non-hydrogen) atoms. The number of aromatic hydroxyl groups is 1. The number of aromatic nitrogens is 1. The van der Waals surface area contributed by atoms with Gasteiger partial charge in [-0.1, -0.05) is 84.9 Å². The molecule has 0 fully saturated rings. The van der Waals surface area contributed by atoms with Gasteiger partial charge in [-0.2, -0.15) is 0 Å². The second kappa shape index (κ2) is 6.95. The molecule has 2 aromatic heterocycles. The van der Waals surface area contributed by atoms with Crippen LogP contribution in [0.1, 0.15) is 11.1 Å². The summed E-state index contributed by atoms with van der Waals surface area (Å²) >= 11 is 0. The molecule has 1 N–H and O–H groups in total. The number of hydrogen-bond acceptors (Lipinski definition) is 2. The fourth-order valence-electron chi connectivity index (χ4n) is 3.98. The minimum Gasteiger partial charge on any atom is -0.507 e. The lowest BCUT2D eigenvalue weighted by Crippen LogP contribution is -2.18. The van der Waals surface area contributed by atoms with Crippen LogP contribution in [-0.4, -0.2) is 9.51 Å². The van der Waals surface area contributed by atoms with Gasteiger partial charge in [-0.15, -0.1) is 0 Å². The summed E-state index contributed by atoms with van der Waals surface area (Å²) in [6.07, 6.45) is 0.536. The lowest BCUT2D eigenvalue weighted by Gasteiger charge is -2.16. The fraction of sp³-hybridized carbons (Fsp3) is 0.0385. The third-order valence-corrected chi connectivity index (χ3v) is 5.37. The molecule has 0 saturated carbocycles. The first-order valence-corrected chi connectivity index (χ1v) is 9.62. The van der Waals surface area contributed by atoms with Crippen LogP contribution in [0.3, 0.4) is 0 Å². The van der Waals surface area contributed by atoms with Crippen LogP contribution in [0.5, 0.6) is 5.75 Å². The van der Waals surface area contributed by atoms with Gasteiger partial charge in [0.05, 0.1) is 16.6 Å². The van der Waals surface area contributed by atoms with Crippen LogP contribution in [0.15, 0.2) is 102 Å². The quantitative estimate of drug-likeness (QED) is 0.427. The van der Waals surface area contributed by atoms with Crippen LogP contribution < -0.4 is 5.56 Å². The summed E-state index contributed by atoms with van der Waals surface area (Å²) < 4.78 is 1.73. The van der Waals surface area contributed by atoms with Crippen LogP contribution in [0.4, 0.5) is 0 Å². The van der Waals surface area contributed by atoms with Crippen molar-refractivity contribution in [2.24, 2.45) is 0 Å². The summed E-state index contributed by atoms with van der Waals surface area (Å²) in [5, 5.41) is 12.2. The molecule has 0 saturated heterocycles. The van der Waals surface area contributed by atoms with Crippen LogP contribution in [-0.2, 0) is 6.42 Å². The molecular weight excluding hydrogens is 358 g/mol. The topological polar surface area (TPSA) is 41.7 Å². The molecular formula is C26H19NO2. The molecule has 5 aromatic rings. The van der Waals surface area contributed by atoms with Crippen molar-refractivity contribution in [1.29, 1.82) is 0 Å². The molecule has 5 rings (SSSR count). The fourth-order valence-corrected chi connectivity index (χ4v) is 3.98. The minimum absolute atomic E-state index is 0.0559. The Labute approximate surface area is 168 Å². The zero-order chi connectivity index (χ0) is 19.8. The molecule has 2 heterocycles. The highest BCUT2D eigenvalue weighted by atomic mass is 16.3. The standard InChI is InChI=1S/C26H19NO2/c28-25-21(17-18-9-3-1-4-10-18)23-16-15-19-11-7-8-14-22(19)27(23)26(29)24(25)20-12-5-2-6-13-20/h1-16,28H,17H2. The number of rotatable bonds is 3. The second-order valence-corrected chi connectivity index (χ2v) is 7.15. The van der Waals surface area contributed by atoms with Crippen molar-refractivity contribution < 1.29 is 5.11 Å². The number of pyridine rings is 2. The van der Waals surface area contributed by atoms with Crippen LogP contribution in [0.25, 0.3) is 27.5 Å². The Hall–Kier alpha value is -3.85. The minimum atomic E-state index is -0.211. The molecule has 0 aliphatic rings. The van der Waals surface area contributed by atoms with E-state index in [0.29, 0.717) is 17.5 Å². The van der Waals surface area contributed by atoms with Gasteiger partial charge in [-0.25, -0.2) is 0 Å². The van der Waals surface area contributed by atoms with Crippen LogP contribution >= 0.6 is 0 Å². The van der Waals surface area contributed by atoms with Gasteiger partial charge in [-0.3, -0.25) is 9.20 Å². The second-order valence-electron chi connectivity index (χ2n) is 7.15. The normalized spacial score (nSPS) is 11.2. The van der Waals surface area contributed by atoms with Gasteiger partial charge in [0.15, 0.2) is 0 Å². The first-order chi connectivity index (χ1) is 14.2. The molecule has 0 aliphatic heterocycles. The Morgan fingerprint density at radius 1 is 0.690 bits per heavy atom. The van der Waals surface area contributed by atoms with Crippen molar-refractivity contribution in [1.82, 2.24) is 4.40 Å². The summed E-state index contributed by atoms with van der Waals surface area (Å²) in [5.41, 5.74) is 4.24. The van der Waals surface area contributed by atoms with E-state index in [1.165, 1.54) is 0 Å². The highest BCUT2D eigenvalue weighted by Crippen LogP contribution is 2.34. The third kappa shape index (κ3) is 2.88. The number of nitrogens with zero attached hydrogens (tertiary/aromatic N) is 1. The van der Waals surface area contributed by atoms with Crippen molar-refractivity contribution in [3.8, 4) is 16.9 Å². The number of benzene rings is 3. The van der Waals surface area contributed by atoms with E-state index < -0.39 is 0 Å². The van der Waals surface area contributed by atoms with Gasteiger partial charge in [-0.05, 0) is 28.6 Å². The SMILES string of the molecule is O=c1c(-c2ccccc2)c(O)c(Cc2ccccc2)c2ccc3ccccc3n12. The molecule has 0 unspecified atom stereocenters. The summed E-state index contributed by atoms with van der Waals surface area (Å²) in [5.74, 6) is 0.0559. The molecule has 0 spiro atoms. The lowest BCUT2D eigenvalue weighted by molar-refractivity contribution is 0.471. The van der Waals surface area contributed by atoms with E-state index in [0.717, 1.165) is 27.5 Å². The molecule has 0 aliphatic carbocycles. The highest BCUT2D eigenvalue weighted by Gasteiger charge is 2.20. The van der Waals surface area contributed by atoms with E-state index in [4.69, 9.17) is 0 Å². The van der Waals surface area contributed by atoms with Gasteiger partial charge in [0.1, 0.15) is 5.75 Å². The number of para-hydroxylation sites is 1. The summed E-state index contributed by atoms with van der Waals surface area (Å²) in [7, 11) is 0. The first-order valence-electron chi connectivity index (χ1n) is 9.62. The summed E-state index contributed by atoms with van der Waals surface area (Å²) in [6.45, 7) is 0. The molecule has 0 radical (unpaired) electrons. The maximum atomic E-state index is 13.6. The van der Waals surface area contributed by atoms with E-state index in [2.05, 4.69) is 0 Å². The van der Waals surface area contributed by atoms with E-state index in [-0.39, 0.29) is 11.3 Å². The monoisotopic (exact) mass is 377 g/mol. The van der Waals surface area contributed by atoms with Crippen molar-refractivity contribution in [2.75, 3.05) is 0 Å². The lowest BCUT2D eigenvalue weighted by atomic mass is 9.97. The van der Waals surface area contributed by atoms with E-state index in [1.807, 2.05) is 97.1 Å². The molecule has 3 aromatic carbocycles. The molecule has 0 atom stereocenters. The van der Waals surface area contributed by atoms with Gasteiger partial charge in [0, 0.05) is 12.0 Å². The van der Waals surface area contributed by atoms with Crippen molar-refractivity contribution >= 4 is 16.4 Å². The Balaban J connectivity index is 1.92. The van der Waals surface area contributed by atoms with Crippen molar-refractivity contribution in [3.05, 3.63) is 119 Å². The van der Waals surface area contributed by atoms with Crippen molar-refractivity contribution in [2.45, 2.75) is 6.42 Å². The Kier molecular flexibility index (Phi) is 4.14. The zero-order valence-corrected chi connectivity index (χ0v) is 15.7. The molecule has 140 valence electrons. The van der Waals surface area contributed by atoms with Crippen LogP contribution in [0.2, 0.25) is 0 Å². The smallest absolute Gasteiger partial charge is 0.267 e. The Bertz CT molecular complexity index is 1390. The summed E-state index contributed by atoms with van der Waals surface area (Å²) in [4.78, 5) is 13.6. The molecule has 0 amide bonds. The van der Waals surface area contributed by atoms with Crippen LogP contribution in [0, 0.1) is 0 Å². The summed E-state index contributed by atoms with van der Waals surface area (Å²) in [6, 6.07) is 31.1. The third-order valence-electron chi connectivity index (χ3n) is 5.37. The average molecular weight is 377 g/mol. The van der Waals surface area contributed by atoms with Crippen molar-refractivity contribution in [3.63, 3.8) is 0 Å².